The molecule has 0 radical (unpaired) electrons. The number of nitrogens with zero attached hydrogens (tertiary/aromatic N) is 1. The van der Waals surface area contributed by atoms with Crippen molar-refractivity contribution in [3.63, 3.8) is 0 Å². The van der Waals surface area contributed by atoms with Crippen LogP contribution in [0, 0.1) is 0 Å². The van der Waals surface area contributed by atoms with Crippen molar-refractivity contribution in [2.75, 3.05) is 13.2 Å². The molecule has 138 valence electrons. The molecule has 1 aliphatic heterocycles. The van der Waals surface area contributed by atoms with Gasteiger partial charge in [0.2, 0.25) is 6.29 Å². The van der Waals surface area contributed by atoms with Crippen LogP contribution in [0.15, 0.2) is 83.5 Å². The third kappa shape index (κ3) is 4.19. The van der Waals surface area contributed by atoms with Crippen LogP contribution in [0.25, 0.3) is 0 Å². The predicted octanol–water partition coefficient (Wildman–Crippen LogP) is 3.83. The average Bonchev–Trinajstić information content (AvgIpc) is 3.28. The highest BCUT2D eigenvalue weighted by Gasteiger charge is 2.35. The van der Waals surface area contributed by atoms with Gasteiger partial charge in [-0.15, -0.1) is 0 Å². The quantitative estimate of drug-likeness (QED) is 0.688. The summed E-state index contributed by atoms with van der Waals surface area (Å²) in [4.78, 5) is 18.6. The highest BCUT2D eigenvalue weighted by atomic mass is 16.8. The van der Waals surface area contributed by atoms with Crippen LogP contribution in [-0.2, 0) is 9.57 Å². The summed E-state index contributed by atoms with van der Waals surface area (Å²) in [5, 5.41) is 1.31. The van der Waals surface area contributed by atoms with Crippen molar-refractivity contribution >= 4 is 5.91 Å². The Hall–Kier alpha value is -3.09. The van der Waals surface area contributed by atoms with E-state index in [1.165, 1.54) is 11.3 Å². The number of para-hydroxylation sites is 1. The lowest BCUT2D eigenvalue weighted by molar-refractivity contribution is -0.330. The van der Waals surface area contributed by atoms with E-state index in [0.29, 0.717) is 11.3 Å². The largest absolute Gasteiger partial charge is 0.491 e. The lowest BCUT2D eigenvalue weighted by Gasteiger charge is -2.36. The molecule has 1 fully saturated rings. The molecule has 1 aromatic heterocycles. The van der Waals surface area contributed by atoms with Gasteiger partial charge in [0.25, 0.3) is 5.91 Å². The number of carbonyl (C=O) groups excluding carboxylic acids is 1. The summed E-state index contributed by atoms with van der Waals surface area (Å²) >= 11 is 0. The van der Waals surface area contributed by atoms with E-state index in [0.717, 1.165) is 5.75 Å². The van der Waals surface area contributed by atoms with Crippen molar-refractivity contribution in [1.29, 1.82) is 0 Å². The number of hydroxylamine groups is 2. The molecule has 6 heteroatoms. The maximum atomic E-state index is 12.8. The number of rotatable bonds is 5. The smallest absolute Gasteiger partial charge is 0.277 e. The van der Waals surface area contributed by atoms with Crippen molar-refractivity contribution in [2.24, 2.45) is 0 Å². The summed E-state index contributed by atoms with van der Waals surface area (Å²) in [6.45, 7) is 0.529. The number of ether oxygens (including phenoxy) is 2. The molecular formula is C21H19NO5. The normalized spacial score (nSPS) is 19.6. The van der Waals surface area contributed by atoms with Gasteiger partial charge in [0.15, 0.2) is 5.76 Å². The molecule has 0 spiro atoms. The summed E-state index contributed by atoms with van der Waals surface area (Å²) in [7, 11) is 0. The Morgan fingerprint density at radius 2 is 1.74 bits per heavy atom. The van der Waals surface area contributed by atoms with E-state index in [9.17, 15) is 4.79 Å². The van der Waals surface area contributed by atoms with Crippen LogP contribution in [0.1, 0.15) is 22.4 Å². The zero-order valence-electron chi connectivity index (χ0n) is 14.6. The average molecular weight is 365 g/mol. The van der Waals surface area contributed by atoms with E-state index in [2.05, 4.69) is 0 Å². The van der Waals surface area contributed by atoms with Gasteiger partial charge >= 0.3 is 0 Å². The molecule has 0 N–H and O–H groups in total. The van der Waals surface area contributed by atoms with E-state index in [-0.39, 0.29) is 25.2 Å². The number of amides is 1. The lowest BCUT2D eigenvalue weighted by atomic mass is 10.2. The van der Waals surface area contributed by atoms with Crippen LogP contribution in [0.2, 0.25) is 0 Å². The van der Waals surface area contributed by atoms with Gasteiger partial charge in [-0.25, -0.2) is 9.90 Å². The zero-order valence-corrected chi connectivity index (χ0v) is 14.6. The Kier molecular flexibility index (Phi) is 5.18. The molecule has 0 saturated carbocycles. The molecule has 1 aliphatic rings. The molecular weight excluding hydrogens is 346 g/mol. The Morgan fingerprint density at radius 1 is 1.00 bits per heavy atom. The molecule has 1 saturated heterocycles. The summed E-state index contributed by atoms with van der Waals surface area (Å²) < 4.78 is 17.1. The van der Waals surface area contributed by atoms with Crippen molar-refractivity contribution in [1.82, 2.24) is 5.06 Å². The monoisotopic (exact) mass is 365 g/mol. The number of benzene rings is 2. The second kappa shape index (κ2) is 8.07. The Bertz CT molecular complexity index is 851. The third-order valence-electron chi connectivity index (χ3n) is 4.11. The van der Waals surface area contributed by atoms with Crippen LogP contribution in [0.3, 0.4) is 0 Å². The SMILES string of the molecule is O=C(c1ccccc1)N1C[C@@H](COc2ccccc2)O[C@H](c2ccco2)O1. The van der Waals surface area contributed by atoms with Gasteiger partial charge in [0, 0.05) is 5.56 Å². The van der Waals surface area contributed by atoms with Crippen LogP contribution in [0.4, 0.5) is 0 Å². The molecule has 3 aromatic rings. The number of hydrogen-bond donors (Lipinski definition) is 0. The van der Waals surface area contributed by atoms with Gasteiger partial charge in [0.1, 0.15) is 18.5 Å². The van der Waals surface area contributed by atoms with Gasteiger partial charge in [-0.1, -0.05) is 36.4 Å². The summed E-state index contributed by atoms with van der Waals surface area (Å²) in [6.07, 6.45) is 0.350. The van der Waals surface area contributed by atoms with Crippen LogP contribution in [-0.4, -0.2) is 30.2 Å². The Morgan fingerprint density at radius 3 is 2.44 bits per heavy atom. The van der Waals surface area contributed by atoms with E-state index in [1.807, 2.05) is 48.5 Å². The maximum absolute atomic E-state index is 12.8. The fraction of sp³-hybridized carbons (Fsp3) is 0.190. The molecule has 2 aromatic carbocycles. The van der Waals surface area contributed by atoms with E-state index in [1.54, 1.807) is 24.3 Å². The molecule has 4 rings (SSSR count). The topological polar surface area (TPSA) is 61.1 Å². The van der Waals surface area contributed by atoms with Gasteiger partial charge in [-0.05, 0) is 36.4 Å². The van der Waals surface area contributed by atoms with Gasteiger partial charge in [0.05, 0.1) is 12.8 Å². The first-order chi connectivity index (χ1) is 13.3. The fourth-order valence-electron chi connectivity index (χ4n) is 2.78. The molecule has 1 amide bonds. The third-order valence-corrected chi connectivity index (χ3v) is 4.11. The molecule has 0 unspecified atom stereocenters. The minimum Gasteiger partial charge on any atom is -0.491 e. The van der Waals surface area contributed by atoms with Crippen molar-refractivity contribution in [3.05, 3.63) is 90.4 Å². The summed E-state index contributed by atoms with van der Waals surface area (Å²) in [5.41, 5.74) is 0.542. The van der Waals surface area contributed by atoms with Crippen molar-refractivity contribution in [3.8, 4) is 5.75 Å². The Balaban J connectivity index is 1.50. The standard InChI is InChI=1S/C21H19NO5/c23-20(16-8-3-1-4-9-16)22-14-18(15-25-17-10-5-2-6-11-17)26-21(27-22)19-12-7-13-24-19/h1-13,18,21H,14-15H2/t18-,21-/m0/s1. The van der Waals surface area contributed by atoms with Gasteiger partial charge in [-0.3, -0.25) is 4.79 Å². The van der Waals surface area contributed by atoms with E-state index >= 15 is 0 Å². The van der Waals surface area contributed by atoms with Crippen molar-refractivity contribution < 1.29 is 23.5 Å². The molecule has 2 heterocycles. The fourth-order valence-corrected chi connectivity index (χ4v) is 2.78. The number of furan rings is 1. The van der Waals surface area contributed by atoms with E-state index < -0.39 is 6.29 Å². The molecule has 27 heavy (non-hydrogen) atoms. The summed E-state index contributed by atoms with van der Waals surface area (Å²) in [6, 6.07) is 21.9. The van der Waals surface area contributed by atoms with Crippen molar-refractivity contribution in [2.45, 2.75) is 12.4 Å². The number of carbonyl (C=O) groups is 1. The highest BCUT2D eigenvalue weighted by Crippen LogP contribution is 2.28. The zero-order chi connectivity index (χ0) is 18.5. The molecule has 6 nitrogen and oxygen atoms in total. The lowest BCUT2D eigenvalue weighted by Crippen LogP contribution is -2.47. The first kappa shape index (κ1) is 17.3. The van der Waals surface area contributed by atoms with Gasteiger partial charge < -0.3 is 13.9 Å². The minimum absolute atomic E-state index is 0.236. The van der Waals surface area contributed by atoms with E-state index in [4.69, 9.17) is 18.7 Å². The van der Waals surface area contributed by atoms with Crippen LogP contribution >= 0.6 is 0 Å². The van der Waals surface area contributed by atoms with Crippen LogP contribution < -0.4 is 4.74 Å². The highest BCUT2D eigenvalue weighted by molar-refractivity contribution is 5.93. The Labute approximate surface area is 156 Å². The first-order valence-electron chi connectivity index (χ1n) is 8.70. The van der Waals surface area contributed by atoms with Gasteiger partial charge in [-0.2, -0.15) is 0 Å². The molecule has 2 atom stereocenters. The number of hydrogen-bond acceptors (Lipinski definition) is 5. The minimum atomic E-state index is -0.814. The first-order valence-corrected chi connectivity index (χ1v) is 8.70. The summed E-state index contributed by atoms with van der Waals surface area (Å²) in [5.74, 6) is 0.994. The second-order valence-electron chi connectivity index (χ2n) is 6.07. The van der Waals surface area contributed by atoms with Crippen LogP contribution in [0.5, 0.6) is 5.75 Å². The predicted molar refractivity (Wildman–Crippen MR) is 96.8 cm³/mol. The molecule has 0 aliphatic carbocycles. The molecule has 0 bridgehead atoms. The maximum Gasteiger partial charge on any atom is 0.277 e. The second-order valence-corrected chi connectivity index (χ2v) is 6.07.